The maximum absolute atomic E-state index is 6.02. The molecule has 0 radical (unpaired) electrons. The van der Waals surface area contributed by atoms with E-state index in [1.165, 1.54) is 5.56 Å². The zero-order chi connectivity index (χ0) is 18.2. The lowest BCUT2D eigenvalue weighted by molar-refractivity contribution is 0.0398. The third-order valence-electron chi connectivity index (χ3n) is 4.28. The molecule has 3 rings (SSSR count). The fourth-order valence-corrected chi connectivity index (χ4v) is 3.13. The van der Waals surface area contributed by atoms with E-state index in [-0.39, 0.29) is 0 Å². The standard InChI is InChI=1S/C19H26ClN5O/c1-15-13-18(21-7-8-25-9-11-26-12-10-25)24-19(23-15)22-6-5-16-3-2-4-17(20)14-16/h2-4,13-14H,5-12H2,1H3,(H2,21,22,23,24). The van der Waals surface area contributed by atoms with Gasteiger partial charge < -0.3 is 15.4 Å². The first-order valence-corrected chi connectivity index (χ1v) is 9.45. The van der Waals surface area contributed by atoms with E-state index in [1.807, 2.05) is 31.2 Å². The fourth-order valence-electron chi connectivity index (χ4n) is 2.92. The Kier molecular flexibility index (Phi) is 7.05. The molecule has 0 bridgehead atoms. The van der Waals surface area contributed by atoms with Crippen molar-refractivity contribution in [2.45, 2.75) is 13.3 Å². The highest BCUT2D eigenvalue weighted by molar-refractivity contribution is 6.30. The molecule has 1 aromatic heterocycles. The number of halogens is 1. The van der Waals surface area contributed by atoms with E-state index in [4.69, 9.17) is 16.3 Å². The molecule has 0 unspecified atom stereocenters. The summed E-state index contributed by atoms with van der Waals surface area (Å²) in [5.41, 5.74) is 2.14. The zero-order valence-electron chi connectivity index (χ0n) is 15.2. The van der Waals surface area contributed by atoms with Gasteiger partial charge in [-0.2, -0.15) is 4.98 Å². The zero-order valence-corrected chi connectivity index (χ0v) is 15.9. The van der Waals surface area contributed by atoms with Crippen molar-refractivity contribution in [1.29, 1.82) is 0 Å². The molecule has 1 aliphatic rings. The van der Waals surface area contributed by atoms with Crippen molar-refractivity contribution in [1.82, 2.24) is 14.9 Å². The molecule has 7 heteroatoms. The van der Waals surface area contributed by atoms with Gasteiger partial charge in [-0.05, 0) is 31.0 Å². The minimum atomic E-state index is 0.654. The SMILES string of the molecule is Cc1cc(NCCN2CCOCC2)nc(NCCc2cccc(Cl)c2)n1. The fraction of sp³-hybridized carbons (Fsp3) is 0.474. The average molecular weight is 376 g/mol. The summed E-state index contributed by atoms with van der Waals surface area (Å²) < 4.78 is 5.37. The van der Waals surface area contributed by atoms with Gasteiger partial charge in [-0.1, -0.05) is 23.7 Å². The van der Waals surface area contributed by atoms with E-state index in [9.17, 15) is 0 Å². The molecule has 2 heterocycles. The third kappa shape index (κ3) is 6.12. The van der Waals surface area contributed by atoms with Gasteiger partial charge in [0.2, 0.25) is 5.95 Å². The Hall–Kier alpha value is -1.89. The average Bonchev–Trinajstić information content (AvgIpc) is 2.62. The maximum Gasteiger partial charge on any atom is 0.224 e. The summed E-state index contributed by atoms with van der Waals surface area (Å²) in [4.78, 5) is 11.4. The van der Waals surface area contributed by atoms with Crippen LogP contribution in [-0.2, 0) is 11.2 Å². The summed E-state index contributed by atoms with van der Waals surface area (Å²) in [6.45, 7) is 8.25. The van der Waals surface area contributed by atoms with E-state index in [2.05, 4.69) is 31.6 Å². The topological polar surface area (TPSA) is 62.3 Å². The largest absolute Gasteiger partial charge is 0.379 e. The number of benzene rings is 1. The lowest BCUT2D eigenvalue weighted by Gasteiger charge is -2.26. The number of rotatable bonds is 8. The van der Waals surface area contributed by atoms with Gasteiger partial charge >= 0.3 is 0 Å². The number of nitrogens with zero attached hydrogens (tertiary/aromatic N) is 3. The number of anilines is 2. The van der Waals surface area contributed by atoms with Crippen LogP contribution in [0.4, 0.5) is 11.8 Å². The van der Waals surface area contributed by atoms with Crippen LogP contribution in [0.1, 0.15) is 11.3 Å². The second-order valence-corrected chi connectivity index (χ2v) is 6.84. The van der Waals surface area contributed by atoms with Gasteiger partial charge in [0.05, 0.1) is 13.2 Å². The van der Waals surface area contributed by atoms with Crippen LogP contribution in [-0.4, -0.2) is 60.8 Å². The normalized spacial score (nSPS) is 15.0. The Morgan fingerprint density at radius 3 is 2.77 bits per heavy atom. The van der Waals surface area contributed by atoms with Crippen molar-refractivity contribution >= 4 is 23.4 Å². The highest BCUT2D eigenvalue weighted by atomic mass is 35.5. The van der Waals surface area contributed by atoms with E-state index >= 15 is 0 Å². The van der Waals surface area contributed by atoms with Crippen molar-refractivity contribution in [3.05, 3.63) is 46.6 Å². The minimum Gasteiger partial charge on any atom is -0.379 e. The van der Waals surface area contributed by atoms with Gasteiger partial charge in [0.15, 0.2) is 0 Å². The predicted molar refractivity (Wildman–Crippen MR) is 106 cm³/mol. The maximum atomic E-state index is 6.02. The smallest absolute Gasteiger partial charge is 0.224 e. The molecule has 0 amide bonds. The molecule has 2 N–H and O–H groups in total. The van der Waals surface area contributed by atoms with Crippen LogP contribution in [0, 0.1) is 6.92 Å². The minimum absolute atomic E-state index is 0.654. The van der Waals surface area contributed by atoms with E-state index < -0.39 is 0 Å². The number of hydrogen-bond acceptors (Lipinski definition) is 6. The molecule has 1 aliphatic heterocycles. The molecular weight excluding hydrogens is 350 g/mol. The number of morpholine rings is 1. The lowest BCUT2D eigenvalue weighted by atomic mass is 10.1. The van der Waals surface area contributed by atoms with Crippen molar-refractivity contribution < 1.29 is 4.74 Å². The summed E-state index contributed by atoms with van der Waals surface area (Å²) in [5, 5.41) is 7.46. The van der Waals surface area contributed by atoms with Crippen LogP contribution in [0.3, 0.4) is 0 Å². The first-order chi connectivity index (χ1) is 12.7. The van der Waals surface area contributed by atoms with Gasteiger partial charge in [-0.25, -0.2) is 4.98 Å². The van der Waals surface area contributed by atoms with Gasteiger partial charge in [0.25, 0.3) is 0 Å². The number of aryl methyl sites for hydroxylation is 1. The number of nitrogens with one attached hydrogen (secondary N) is 2. The summed E-state index contributed by atoms with van der Waals surface area (Å²) in [5.74, 6) is 1.51. The summed E-state index contributed by atoms with van der Waals surface area (Å²) in [7, 11) is 0. The second kappa shape index (κ2) is 9.71. The molecule has 0 aliphatic carbocycles. The molecule has 0 spiro atoms. The lowest BCUT2D eigenvalue weighted by Crippen LogP contribution is -2.39. The molecule has 2 aromatic rings. The summed E-state index contributed by atoms with van der Waals surface area (Å²) >= 11 is 6.02. The Morgan fingerprint density at radius 2 is 1.96 bits per heavy atom. The van der Waals surface area contributed by atoms with E-state index in [1.54, 1.807) is 0 Å². The molecule has 0 atom stereocenters. The Labute approximate surface area is 159 Å². The highest BCUT2D eigenvalue weighted by Crippen LogP contribution is 2.12. The van der Waals surface area contributed by atoms with Crippen LogP contribution >= 0.6 is 11.6 Å². The first-order valence-electron chi connectivity index (χ1n) is 9.07. The number of aromatic nitrogens is 2. The van der Waals surface area contributed by atoms with Crippen molar-refractivity contribution in [3.63, 3.8) is 0 Å². The van der Waals surface area contributed by atoms with Crippen molar-refractivity contribution in [3.8, 4) is 0 Å². The van der Waals surface area contributed by atoms with Crippen LogP contribution in [0.15, 0.2) is 30.3 Å². The quantitative estimate of drug-likeness (QED) is 0.739. The Balaban J connectivity index is 1.47. The predicted octanol–water partition coefficient (Wildman–Crippen LogP) is 2.84. The summed E-state index contributed by atoms with van der Waals surface area (Å²) in [6.07, 6.45) is 0.873. The molecule has 26 heavy (non-hydrogen) atoms. The highest BCUT2D eigenvalue weighted by Gasteiger charge is 2.09. The van der Waals surface area contributed by atoms with E-state index in [0.29, 0.717) is 5.95 Å². The van der Waals surface area contributed by atoms with Crippen LogP contribution in [0.2, 0.25) is 5.02 Å². The second-order valence-electron chi connectivity index (χ2n) is 6.41. The Bertz CT molecular complexity index is 706. The van der Waals surface area contributed by atoms with Crippen LogP contribution in [0.25, 0.3) is 0 Å². The van der Waals surface area contributed by atoms with Crippen molar-refractivity contribution in [2.75, 3.05) is 56.6 Å². The third-order valence-corrected chi connectivity index (χ3v) is 4.51. The first kappa shape index (κ1) is 18.9. The molecule has 0 saturated carbocycles. The monoisotopic (exact) mass is 375 g/mol. The summed E-state index contributed by atoms with van der Waals surface area (Å²) in [6, 6.07) is 9.89. The molecular formula is C19H26ClN5O. The van der Waals surface area contributed by atoms with Crippen LogP contribution in [0.5, 0.6) is 0 Å². The van der Waals surface area contributed by atoms with Gasteiger partial charge in [0, 0.05) is 49.5 Å². The number of ether oxygens (including phenoxy) is 1. The van der Waals surface area contributed by atoms with Gasteiger partial charge in [-0.3, -0.25) is 4.90 Å². The number of hydrogen-bond donors (Lipinski definition) is 2. The molecule has 6 nitrogen and oxygen atoms in total. The molecule has 140 valence electrons. The van der Waals surface area contributed by atoms with E-state index in [0.717, 1.165) is 68.9 Å². The molecule has 1 saturated heterocycles. The van der Waals surface area contributed by atoms with Gasteiger partial charge in [-0.15, -0.1) is 0 Å². The molecule has 1 fully saturated rings. The van der Waals surface area contributed by atoms with Gasteiger partial charge in [0.1, 0.15) is 5.82 Å². The van der Waals surface area contributed by atoms with Crippen LogP contribution < -0.4 is 10.6 Å². The van der Waals surface area contributed by atoms with Crippen molar-refractivity contribution in [2.24, 2.45) is 0 Å². The Morgan fingerprint density at radius 1 is 1.12 bits per heavy atom. The molecule has 1 aromatic carbocycles.